The molecule has 4 atom stereocenters. The van der Waals surface area contributed by atoms with E-state index in [-0.39, 0.29) is 5.41 Å². The molecule has 112 valence electrons. The average Bonchev–Trinajstić information content (AvgIpc) is 2.70. The van der Waals surface area contributed by atoms with Crippen molar-refractivity contribution in [2.24, 2.45) is 17.3 Å². The normalized spacial score (nSPS) is 41.1. The van der Waals surface area contributed by atoms with Crippen LogP contribution in [0.3, 0.4) is 0 Å². The van der Waals surface area contributed by atoms with Gasteiger partial charge in [0.2, 0.25) is 0 Å². The van der Waals surface area contributed by atoms with Crippen molar-refractivity contribution in [2.45, 2.75) is 45.6 Å². The Morgan fingerprint density at radius 1 is 1.26 bits per heavy atom. The molecule has 0 aromatic heterocycles. The molecule has 19 heavy (non-hydrogen) atoms. The minimum Gasteiger partial charge on any atom is -0.396 e. The van der Waals surface area contributed by atoms with Crippen LogP contribution in [-0.4, -0.2) is 61.3 Å². The fourth-order valence-corrected chi connectivity index (χ4v) is 4.43. The van der Waals surface area contributed by atoms with E-state index in [1.165, 1.54) is 38.8 Å². The van der Waals surface area contributed by atoms with Crippen LogP contribution < -0.4 is 0 Å². The number of aliphatic hydroxyl groups is 1. The first-order valence-corrected chi connectivity index (χ1v) is 7.95. The van der Waals surface area contributed by atoms with Crippen molar-refractivity contribution in [2.75, 3.05) is 40.3 Å². The maximum atomic E-state index is 9.92. The minimum atomic E-state index is 0.179. The van der Waals surface area contributed by atoms with E-state index in [0.29, 0.717) is 12.6 Å². The summed E-state index contributed by atoms with van der Waals surface area (Å²) in [5.41, 5.74) is 0.179. The summed E-state index contributed by atoms with van der Waals surface area (Å²) in [6, 6.07) is 0.678. The molecule has 1 aliphatic carbocycles. The van der Waals surface area contributed by atoms with Gasteiger partial charge < -0.3 is 14.9 Å². The van der Waals surface area contributed by atoms with E-state index in [9.17, 15) is 5.11 Å². The van der Waals surface area contributed by atoms with E-state index in [2.05, 4.69) is 37.7 Å². The topological polar surface area (TPSA) is 26.7 Å². The van der Waals surface area contributed by atoms with Crippen LogP contribution in [-0.2, 0) is 0 Å². The third kappa shape index (κ3) is 3.50. The number of likely N-dealkylation sites (tertiary alicyclic amines) is 1. The molecule has 0 aromatic rings. The largest absolute Gasteiger partial charge is 0.396 e. The first-order chi connectivity index (χ1) is 8.96. The molecular formula is C16H32N2O. The molecule has 2 fully saturated rings. The third-order valence-corrected chi connectivity index (χ3v) is 5.39. The van der Waals surface area contributed by atoms with Crippen LogP contribution >= 0.6 is 0 Å². The standard InChI is InChI=1S/C16H32N2O/c1-13-6-5-7-16(8-13,12-19)11-18-9-14(2)15(10-18)17(3)4/h13-15,19H,5-12H2,1-4H3. The van der Waals surface area contributed by atoms with E-state index < -0.39 is 0 Å². The Morgan fingerprint density at radius 2 is 2.00 bits per heavy atom. The Morgan fingerprint density at radius 3 is 2.53 bits per heavy atom. The summed E-state index contributed by atoms with van der Waals surface area (Å²) in [5, 5.41) is 9.92. The molecule has 0 aromatic carbocycles. The maximum Gasteiger partial charge on any atom is 0.0499 e. The lowest BCUT2D eigenvalue weighted by atomic mass is 9.70. The Hall–Kier alpha value is -0.120. The van der Waals surface area contributed by atoms with E-state index in [4.69, 9.17) is 0 Å². The van der Waals surface area contributed by atoms with Crippen molar-refractivity contribution in [1.82, 2.24) is 9.80 Å². The number of hydrogen-bond acceptors (Lipinski definition) is 3. The van der Waals surface area contributed by atoms with Gasteiger partial charge in [0.15, 0.2) is 0 Å². The quantitative estimate of drug-likeness (QED) is 0.845. The maximum absolute atomic E-state index is 9.92. The Bertz CT molecular complexity index is 294. The monoisotopic (exact) mass is 268 g/mol. The summed E-state index contributed by atoms with van der Waals surface area (Å²) in [5.74, 6) is 1.53. The van der Waals surface area contributed by atoms with Gasteiger partial charge in [0.25, 0.3) is 0 Å². The molecule has 3 heteroatoms. The highest BCUT2D eigenvalue weighted by Gasteiger charge is 2.39. The van der Waals surface area contributed by atoms with Crippen LogP contribution in [0.15, 0.2) is 0 Å². The predicted octanol–water partition coefficient (Wildman–Crippen LogP) is 2.06. The van der Waals surface area contributed by atoms with Gasteiger partial charge in [-0.2, -0.15) is 0 Å². The van der Waals surface area contributed by atoms with Crippen LogP contribution in [0, 0.1) is 17.3 Å². The van der Waals surface area contributed by atoms with Gasteiger partial charge in [-0.05, 0) is 38.8 Å². The molecule has 3 nitrogen and oxygen atoms in total. The molecular weight excluding hydrogens is 236 g/mol. The molecule has 0 radical (unpaired) electrons. The summed E-state index contributed by atoms with van der Waals surface area (Å²) >= 11 is 0. The Labute approximate surface area is 119 Å². The average molecular weight is 268 g/mol. The van der Waals surface area contributed by atoms with Crippen molar-refractivity contribution in [3.63, 3.8) is 0 Å². The second-order valence-electron chi connectivity index (χ2n) is 7.56. The first kappa shape index (κ1) is 15.3. The van der Waals surface area contributed by atoms with E-state index in [1.807, 2.05) is 0 Å². The summed E-state index contributed by atoms with van der Waals surface area (Å²) < 4.78 is 0. The lowest BCUT2D eigenvalue weighted by Crippen LogP contribution is -2.43. The molecule has 2 rings (SSSR count). The molecule has 1 aliphatic heterocycles. The Kier molecular flexibility index (Phi) is 4.91. The lowest BCUT2D eigenvalue weighted by Gasteiger charge is -2.41. The summed E-state index contributed by atoms with van der Waals surface area (Å²) in [6.07, 6.45) is 5.06. The third-order valence-electron chi connectivity index (χ3n) is 5.39. The van der Waals surface area contributed by atoms with Gasteiger partial charge in [0, 0.05) is 37.7 Å². The number of hydrogen-bond donors (Lipinski definition) is 1. The van der Waals surface area contributed by atoms with E-state index in [0.717, 1.165) is 18.4 Å². The van der Waals surface area contributed by atoms with Crippen molar-refractivity contribution >= 4 is 0 Å². The SMILES string of the molecule is CC1CCCC(CO)(CN2CC(C)C(N(C)C)C2)C1. The summed E-state index contributed by atoms with van der Waals surface area (Å²) in [6.45, 7) is 8.54. The van der Waals surface area contributed by atoms with Gasteiger partial charge in [0.05, 0.1) is 0 Å². The van der Waals surface area contributed by atoms with Crippen LogP contribution in [0.2, 0.25) is 0 Å². The summed E-state index contributed by atoms with van der Waals surface area (Å²) in [4.78, 5) is 4.96. The van der Waals surface area contributed by atoms with Crippen molar-refractivity contribution < 1.29 is 5.11 Å². The molecule has 1 saturated carbocycles. The zero-order chi connectivity index (χ0) is 14.0. The van der Waals surface area contributed by atoms with Crippen LogP contribution in [0.5, 0.6) is 0 Å². The molecule has 1 heterocycles. The van der Waals surface area contributed by atoms with Crippen LogP contribution in [0.1, 0.15) is 39.5 Å². The van der Waals surface area contributed by atoms with E-state index >= 15 is 0 Å². The molecule has 2 aliphatic rings. The van der Waals surface area contributed by atoms with Gasteiger partial charge >= 0.3 is 0 Å². The number of nitrogens with zero attached hydrogens (tertiary/aromatic N) is 2. The fourth-order valence-electron chi connectivity index (χ4n) is 4.43. The number of rotatable bonds is 4. The molecule has 0 amide bonds. The fraction of sp³-hybridized carbons (Fsp3) is 1.00. The van der Waals surface area contributed by atoms with Crippen molar-refractivity contribution in [3.8, 4) is 0 Å². The first-order valence-electron chi connectivity index (χ1n) is 7.95. The van der Waals surface area contributed by atoms with Gasteiger partial charge in [-0.1, -0.05) is 26.7 Å². The summed E-state index contributed by atoms with van der Waals surface area (Å²) in [7, 11) is 4.38. The number of likely N-dealkylation sites (N-methyl/N-ethyl adjacent to an activating group) is 1. The van der Waals surface area contributed by atoms with Crippen molar-refractivity contribution in [3.05, 3.63) is 0 Å². The van der Waals surface area contributed by atoms with E-state index in [1.54, 1.807) is 0 Å². The smallest absolute Gasteiger partial charge is 0.0499 e. The zero-order valence-corrected chi connectivity index (χ0v) is 13.2. The molecule has 4 unspecified atom stereocenters. The highest BCUT2D eigenvalue weighted by atomic mass is 16.3. The highest BCUT2D eigenvalue weighted by molar-refractivity contribution is 4.93. The van der Waals surface area contributed by atoms with Crippen LogP contribution in [0.4, 0.5) is 0 Å². The predicted molar refractivity (Wildman–Crippen MR) is 80.2 cm³/mol. The van der Waals surface area contributed by atoms with Gasteiger partial charge in [-0.3, -0.25) is 0 Å². The lowest BCUT2D eigenvalue weighted by molar-refractivity contribution is 0.0285. The number of aliphatic hydroxyl groups excluding tert-OH is 1. The Balaban J connectivity index is 1.96. The van der Waals surface area contributed by atoms with Crippen molar-refractivity contribution in [1.29, 1.82) is 0 Å². The minimum absolute atomic E-state index is 0.179. The molecule has 0 bridgehead atoms. The molecule has 1 saturated heterocycles. The van der Waals surface area contributed by atoms with Gasteiger partial charge in [-0.25, -0.2) is 0 Å². The van der Waals surface area contributed by atoms with Crippen LogP contribution in [0.25, 0.3) is 0 Å². The highest BCUT2D eigenvalue weighted by Crippen LogP contribution is 2.40. The van der Waals surface area contributed by atoms with Gasteiger partial charge in [0.1, 0.15) is 0 Å². The molecule has 1 N–H and O–H groups in total. The molecule has 0 spiro atoms. The van der Waals surface area contributed by atoms with Gasteiger partial charge in [-0.15, -0.1) is 0 Å². The second-order valence-corrected chi connectivity index (χ2v) is 7.56. The second kappa shape index (κ2) is 6.11. The zero-order valence-electron chi connectivity index (χ0n) is 13.2.